The van der Waals surface area contributed by atoms with Crippen LogP contribution in [0.1, 0.15) is 48.5 Å². The van der Waals surface area contributed by atoms with E-state index in [1.807, 2.05) is 13.8 Å². The molecule has 0 spiro atoms. The Hall–Kier alpha value is -0.660. The van der Waals surface area contributed by atoms with E-state index < -0.39 is 0 Å². The summed E-state index contributed by atoms with van der Waals surface area (Å²) in [6.45, 7) is 5.40. The van der Waals surface area contributed by atoms with Gasteiger partial charge in [0.2, 0.25) is 0 Å². The summed E-state index contributed by atoms with van der Waals surface area (Å²) in [6, 6.07) is 0. The van der Waals surface area contributed by atoms with E-state index >= 15 is 0 Å². The van der Waals surface area contributed by atoms with Gasteiger partial charge in [-0.1, -0.05) is 35.6 Å². The highest BCUT2D eigenvalue weighted by Gasteiger charge is 2.10. The molecule has 0 aromatic carbocycles. The lowest BCUT2D eigenvalue weighted by molar-refractivity contribution is -0.128. The van der Waals surface area contributed by atoms with E-state index in [1.165, 1.54) is 0 Å². The SMILES string of the molecule is C.C.CCC(=O)CC(=O)C(C)C. The molecule has 0 aromatic rings. The van der Waals surface area contributed by atoms with Crippen molar-refractivity contribution in [3.8, 4) is 0 Å². The van der Waals surface area contributed by atoms with Crippen molar-refractivity contribution in [1.29, 1.82) is 0 Å². The Balaban J connectivity index is -0.000000405. The Morgan fingerprint density at radius 2 is 1.58 bits per heavy atom. The second-order valence-electron chi connectivity index (χ2n) is 2.69. The number of carbonyl (C=O) groups is 2. The first kappa shape index (κ1) is 17.4. The third-order valence-corrected chi connectivity index (χ3v) is 1.41. The minimum atomic E-state index is -0.00417. The molecule has 0 fully saturated rings. The molecular weight excluding hydrogens is 152 g/mol. The van der Waals surface area contributed by atoms with E-state index in [0.717, 1.165) is 0 Å². The largest absolute Gasteiger partial charge is 0.299 e. The van der Waals surface area contributed by atoms with Crippen LogP contribution in [0.2, 0.25) is 0 Å². The predicted molar refractivity (Wildman–Crippen MR) is 53.2 cm³/mol. The third-order valence-electron chi connectivity index (χ3n) is 1.41. The van der Waals surface area contributed by atoms with Gasteiger partial charge >= 0.3 is 0 Å². The molecule has 0 aliphatic rings. The van der Waals surface area contributed by atoms with Crippen molar-refractivity contribution in [3.05, 3.63) is 0 Å². The van der Waals surface area contributed by atoms with Crippen LogP contribution in [-0.2, 0) is 9.59 Å². The van der Waals surface area contributed by atoms with Crippen LogP contribution in [0.25, 0.3) is 0 Å². The summed E-state index contributed by atoms with van der Waals surface area (Å²) in [6.07, 6.45) is 0.590. The van der Waals surface area contributed by atoms with Gasteiger partial charge < -0.3 is 0 Å². The van der Waals surface area contributed by atoms with Gasteiger partial charge in [0.05, 0.1) is 6.42 Å². The lowest BCUT2D eigenvalue weighted by Gasteiger charge is -2.00. The van der Waals surface area contributed by atoms with E-state index in [2.05, 4.69) is 0 Å². The predicted octanol–water partition coefficient (Wildman–Crippen LogP) is 2.85. The first-order valence-corrected chi connectivity index (χ1v) is 3.62. The second kappa shape index (κ2) is 8.44. The van der Waals surface area contributed by atoms with Crippen molar-refractivity contribution in [1.82, 2.24) is 0 Å². The van der Waals surface area contributed by atoms with Crippen molar-refractivity contribution >= 4 is 11.6 Å². The van der Waals surface area contributed by atoms with Crippen molar-refractivity contribution in [2.24, 2.45) is 5.92 Å². The Morgan fingerprint density at radius 1 is 1.17 bits per heavy atom. The summed E-state index contributed by atoms with van der Waals surface area (Å²) < 4.78 is 0. The summed E-state index contributed by atoms with van der Waals surface area (Å²) in [5.74, 6) is 0.0843. The van der Waals surface area contributed by atoms with Crippen LogP contribution in [0, 0.1) is 5.92 Å². The van der Waals surface area contributed by atoms with E-state index in [4.69, 9.17) is 0 Å². The molecule has 0 N–H and O–H groups in total. The Bertz CT molecular complexity index is 137. The molecule has 0 unspecified atom stereocenters. The number of hydrogen-bond acceptors (Lipinski definition) is 2. The molecule has 0 atom stereocenters. The smallest absolute Gasteiger partial charge is 0.142 e. The molecule has 0 saturated heterocycles. The summed E-state index contributed by atoms with van der Waals surface area (Å²) >= 11 is 0. The normalized spacial score (nSPS) is 8.33. The summed E-state index contributed by atoms with van der Waals surface area (Å²) in [5, 5.41) is 0. The van der Waals surface area contributed by atoms with Crippen LogP contribution in [0.3, 0.4) is 0 Å². The van der Waals surface area contributed by atoms with Gasteiger partial charge in [-0.25, -0.2) is 0 Å². The monoisotopic (exact) mass is 174 g/mol. The van der Waals surface area contributed by atoms with Gasteiger partial charge in [0.1, 0.15) is 11.6 Å². The number of Topliss-reactive ketones (excluding diaryl/α,β-unsaturated/α-hetero) is 2. The molecule has 0 aliphatic carbocycles. The molecule has 0 amide bonds. The van der Waals surface area contributed by atoms with Gasteiger partial charge in [-0.2, -0.15) is 0 Å². The number of carbonyl (C=O) groups excluding carboxylic acids is 2. The zero-order valence-corrected chi connectivity index (χ0v) is 6.81. The fourth-order valence-corrected chi connectivity index (χ4v) is 0.523. The van der Waals surface area contributed by atoms with Gasteiger partial charge in [0.25, 0.3) is 0 Å². The van der Waals surface area contributed by atoms with Crippen LogP contribution in [0.4, 0.5) is 0 Å². The zero-order chi connectivity index (χ0) is 8.15. The fourth-order valence-electron chi connectivity index (χ4n) is 0.523. The summed E-state index contributed by atoms with van der Waals surface area (Å²) in [4.78, 5) is 21.6. The molecular formula is C10H22O2. The highest BCUT2D eigenvalue weighted by molar-refractivity contribution is 5.99. The van der Waals surface area contributed by atoms with Crippen LogP contribution in [0.5, 0.6) is 0 Å². The van der Waals surface area contributed by atoms with Crippen molar-refractivity contribution in [2.45, 2.75) is 48.5 Å². The minimum absolute atomic E-state index is 0. The lowest BCUT2D eigenvalue weighted by Crippen LogP contribution is -2.12. The molecule has 0 rings (SSSR count). The molecule has 74 valence electrons. The molecule has 2 nitrogen and oxygen atoms in total. The Labute approximate surface area is 76.4 Å². The van der Waals surface area contributed by atoms with Crippen LogP contribution in [0.15, 0.2) is 0 Å². The van der Waals surface area contributed by atoms with E-state index in [1.54, 1.807) is 6.92 Å². The Morgan fingerprint density at radius 3 is 1.83 bits per heavy atom. The third kappa shape index (κ3) is 7.45. The number of hydrogen-bond donors (Lipinski definition) is 0. The van der Waals surface area contributed by atoms with Gasteiger partial charge in [-0.3, -0.25) is 9.59 Å². The van der Waals surface area contributed by atoms with Crippen molar-refractivity contribution < 1.29 is 9.59 Å². The quantitative estimate of drug-likeness (QED) is 0.614. The van der Waals surface area contributed by atoms with E-state index in [9.17, 15) is 9.59 Å². The molecule has 12 heavy (non-hydrogen) atoms. The maximum Gasteiger partial charge on any atom is 0.142 e. The van der Waals surface area contributed by atoms with Crippen LogP contribution >= 0.6 is 0 Å². The second-order valence-corrected chi connectivity index (χ2v) is 2.69. The highest BCUT2D eigenvalue weighted by atomic mass is 16.1. The molecule has 0 radical (unpaired) electrons. The zero-order valence-electron chi connectivity index (χ0n) is 6.81. The minimum Gasteiger partial charge on any atom is -0.299 e. The van der Waals surface area contributed by atoms with Crippen LogP contribution < -0.4 is 0 Å². The molecule has 0 bridgehead atoms. The van der Waals surface area contributed by atoms with Crippen LogP contribution in [-0.4, -0.2) is 11.6 Å². The fraction of sp³-hybridized carbons (Fsp3) is 0.800. The van der Waals surface area contributed by atoms with E-state index in [-0.39, 0.29) is 38.8 Å². The first-order valence-electron chi connectivity index (χ1n) is 3.62. The molecule has 0 saturated carbocycles. The molecule has 0 heterocycles. The maximum atomic E-state index is 10.9. The Kier molecular flexibility index (Phi) is 12.3. The summed E-state index contributed by atoms with van der Waals surface area (Å²) in [5.41, 5.74) is 0. The molecule has 0 aromatic heterocycles. The van der Waals surface area contributed by atoms with Gasteiger partial charge in [0.15, 0.2) is 0 Å². The first-order chi connectivity index (χ1) is 4.57. The summed E-state index contributed by atoms with van der Waals surface area (Å²) in [7, 11) is 0. The number of rotatable bonds is 4. The molecule has 2 heteroatoms. The maximum absolute atomic E-state index is 10.9. The van der Waals surface area contributed by atoms with Gasteiger partial charge in [-0.15, -0.1) is 0 Å². The molecule has 0 aliphatic heterocycles. The van der Waals surface area contributed by atoms with E-state index in [0.29, 0.717) is 6.42 Å². The van der Waals surface area contributed by atoms with Crippen molar-refractivity contribution in [3.63, 3.8) is 0 Å². The average molecular weight is 174 g/mol. The average Bonchev–Trinajstić information content (AvgIpc) is 1.87. The topological polar surface area (TPSA) is 34.1 Å². The highest BCUT2D eigenvalue weighted by Crippen LogP contribution is 2.00. The van der Waals surface area contributed by atoms with Gasteiger partial charge in [0, 0.05) is 12.3 Å². The lowest BCUT2D eigenvalue weighted by atomic mass is 10.0. The van der Waals surface area contributed by atoms with Gasteiger partial charge in [-0.05, 0) is 0 Å². The number of ketones is 2. The van der Waals surface area contributed by atoms with Crippen molar-refractivity contribution in [2.75, 3.05) is 0 Å². The standard InChI is InChI=1S/C8H14O2.2CH4/c1-4-7(9)5-8(10)6(2)3;;/h6H,4-5H2,1-3H3;2*1H4.